The van der Waals surface area contributed by atoms with Gasteiger partial charge in [-0.05, 0) is 48.1 Å². The highest BCUT2D eigenvalue weighted by molar-refractivity contribution is 5.71. The molecule has 0 radical (unpaired) electrons. The van der Waals surface area contributed by atoms with Crippen LogP contribution >= 0.6 is 0 Å². The molecular formula is C16H16FN. The number of nitrogen functional groups attached to an aromatic ring is 1. The Labute approximate surface area is 106 Å². The average Bonchev–Trinajstić information content (AvgIpc) is 2.31. The van der Waals surface area contributed by atoms with Crippen molar-refractivity contribution in [2.75, 3.05) is 5.73 Å². The van der Waals surface area contributed by atoms with Crippen molar-refractivity contribution in [2.24, 2.45) is 0 Å². The van der Waals surface area contributed by atoms with Crippen molar-refractivity contribution >= 4 is 5.69 Å². The van der Waals surface area contributed by atoms with Crippen molar-refractivity contribution in [3.63, 3.8) is 0 Å². The first-order valence-corrected chi connectivity index (χ1v) is 6.40. The fourth-order valence-electron chi connectivity index (χ4n) is 2.57. The predicted molar refractivity (Wildman–Crippen MR) is 72.8 cm³/mol. The number of rotatable bonds is 2. The van der Waals surface area contributed by atoms with E-state index in [-0.39, 0.29) is 5.82 Å². The van der Waals surface area contributed by atoms with Crippen LogP contribution < -0.4 is 5.73 Å². The zero-order valence-electron chi connectivity index (χ0n) is 10.2. The molecule has 1 aliphatic carbocycles. The summed E-state index contributed by atoms with van der Waals surface area (Å²) >= 11 is 0. The third-order valence-electron chi connectivity index (χ3n) is 3.79. The molecule has 0 amide bonds. The second-order valence-corrected chi connectivity index (χ2v) is 4.95. The molecule has 0 saturated heterocycles. The van der Waals surface area contributed by atoms with Crippen molar-refractivity contribution < 1.29 is 4.39 Å². The van der Waals surface area contributed by atoms with E-state index in [0.29, 0.717) is 17.2 Å². The van der Waals surface area contributed by atoms with Gasteiger partial charge < -0.3 is 5.73 Å². The van der Waals surface area contributed by atoms with Crippen LogP contribution in [0, 0.1) is 5.82 Å². The Morgan fingerprint density at radius 3 is 2.50 bits per heavy atom. The highest BCUT2D eigenvalue weighted by Gasteiger charge is 2.23. The monoisotopic (exact) mass is 241 g/mol. The maximum Gasteiger partial charge on any atom is 0.131 e. The summed E-state index contributed by atoms with van der Waals surface area (Å²) in [6.45, 7) is 0. The molecule has 1 saturated carbocycles. The van der Waals surface area contributed by atoms with E-state index in [1.54, 1.807) is 12.1 Å². The van der Waals surface area contributed by atoms with Gasteiger partial charge in [0, 0.05) is 11.3 Å². The van der Waals surface area contributed by atoms with Crippen molar-refractivity contribution in [2.45, 2.75) is 25.2 Å². The van der Waals surface area contributed by atoms with Crippen LogP contribution in [-0.2, 0) is 0 Å². The first kappa shape index (κ1) is 11.3. The summed E-state index contributed by atoms with van der Waals surface area (Å²) in [6, 6.07) is 12.9. The summed E-state index contributed by atoms with van der Waals surface area (Å²) in [4.78, 5) is 0. The Bertz CT molecular complexity index is 573. The molecular weight excluding hydrogens is 225 g/mol. The first-order valence-electron chi connectivity index (χ1n) is 6.40. The topological polar surface area (TPSA) is 26.0 Å². The van der Waals surface area contributed by atoms with Crippen LogP contribution in [0.2, 0.25) is 0 Å². The molecule has 0 atom stereocenters. The van der Waals surface area contributed by atoms with Gasteiger partial charge in [0.15, 0.2) is 0 Å². The largest absolute Gasteiger partial charge is 0.399 e. The second kappa shape index (κ2) is 4.45. The predicted octanol–water partition coefficient (Wildman–Crippen LogP) is 4.34. The average molecular weight is 241 g/mol. The molecule has 0 unspecified atom stereocenters. The molecule has 92 valence electrons. The SMILES string of the molecule is Nc1ccc(F)c(-c2ccccc2C2CCC2)c1. The van der Waals surface area contributed by atoms with Gasteiger partial charge in [-0.3, -0.25) is 0 Å². The van der Waals surface area contributed by atoms with Gasteiger partial charge in [-0.1, -0.05) is 30.7 Å². The van der Waals surface area contributed by atoms with Crippen molar-refractivity contribution in [3.05, 3.63) is 53.8 Å². The van der Waals surface area contributed by atoms with Crippen LogP contribution in [0.4, 0.5) is 10.1 Å². The van der Waals surface area contributed by atoms with E-state index in [9.17, 15) is 4.39 Å². The molecule has 0 heterocycles. The molecule has 2 aromatic rings. The van der Waals surface area contributed by atoms with Crippen molar-refractivity contribution in [3.8, 4) is 11.1 Å². The van der Waals surface area contributed by atoms with Gasteiger partial charge in [0.05, 0.1) is 0 Å². The molecule has 2 N–H and O–H groups in total. The Morgan fingerprint density at radius 1 is 1.00 bits per heavy atom. The molecule has 2 heteroatoms. The van der Waals surface area contributed by atoms with Crippen LogP contribution in [0.25, 0.3) is 11.1 Å². The molecule has 3 rings (SSSR count). The number of halogens is 1. The lowest BCUT2D eigenvalue weighted by Gasteiger charge is -2.28. The molecule has 18 heavy (non-hydrogen) atoms. The lowest BCUT2D eigenvalue weighted by atomic mass is 9.77. The maximum absolute atomic E-state index is 14.0. The van der Waals surface area contributed by atoms with Crippen LogP contribution in [0.15, 0.2) is 42.5 Å². The van der Waals surface area contributed by atoms with Gasteiger partial charge in [0.25, 0.3) is 0 Å². The zero-order valence-corrected chi connectivity index (χ0v) is 10.2. The molecule has 2 aromatic carbocycles. The minimum atomic E-state index is -0.198. The summed E-state index contributed by atoms with van der Waals surface area (Å²) in [7, 11) is 0. The molecule has 1 nitrogen and oxygen atoms in total. The van der Waals surface area contributed by atoms with E-state index in [1.165, 1.54) is 30.9 Å². The Balaban J connectivity index is 2.13. The summed E-state index contributed by atoms with van der Waals surface area (Å²) in [5.74, 6) is 0.387. The number of hydrogen-bond donors (Lipinski definition) is 1. The number of anilines is 1. The van der Waals surface area contributed by atoms with Gasteiger partial charge in [0.1, 0.15) is 5.82 Å². The highest BCUT2D eigenvalue weighted by Crippen LogP contribution is 2.41. The summed E-state index contributed by atoms with van der Waals surface area (Å²) < 4.78 is 14.0. The Morgan fingerprint density at radius 2 is 1.78 bits per heavy atom. The van der Waals surface area contributed by atoms with Crippen LogP contribution in [0.5, 0.6) is 0 Å². The first-order chi connectivity index (χ1) is 8.75. The fraction of sp³-hybridized carbons (Fsp3) is 0.250. The summed E-state index contributed by atoms with van der Waals surface area (Å²) in [6.07, 6.45) is 3.69. The number of hydrogen-bond acceptors (Lipinski definition) is 1. The smallest absolute Gasteiger partial charge is 0.131 e. The third-order valence-corrected chi connectivity index (χ3v) is 3.79. The van der Waals surface area contributed by atoms with E-state index < -0.39 is 0 Å². The molecule has 0 bridgehead atoms. The van der Waals surface area contributed by atoms with E-state index in [1.807, 2.05) is 18.2 Å². The van der Waals surface area contributed by atoms with Crippen LogP contribution in [0.1, 0.15) is 30.7 Å². The van der Waals surface area contributed by atoms with E-state index in [2.05, 4.69) is 6.07 Å². The summed E-state index contributed by atoms with van der Waals surface area (Å²) in [5.41, 5.74) is 9.25. The van der Waals surface area contributed by atoms with E-state index in [0.717, 1.165) is 5.56 Å². The van der Waals surface area contributed by atoms with Crippen LogP contribution in [-0.4, -0.2) is 0 Å². The second-order valence-electron chi connectivity index (χ2n) is 4.95. The standard InChI is InChI=1S/C16H16FN/c17-16-9-8-12(18)10-15(16)14-7-2-1-6-13(14)11-4-3-5-11/h1-2,6-11H,3-5,18H2. The Kier molecular flexibility index (Phi) is 2.78. The third kappa shape index (κ3) is 1.88. The molecule has 0 aliphatic heterocycles. The van der Waals surface area contributed by atoms with Crippen molar-refractivity contribution in [1.29, 1.82) is 0 Å². The van der Waals surface area contributed by atoms with E-state index in [4.69, 9.17) is 5.73 Å². The maximum atomic E-state index is 14.0. The van der Waals surface area contributed by atoms with E-state index >= 15 is 0 Å². The molecule has 1 aliphatic rings. The Hall–Kier alpha value is -1.83. The summed E-state index contributed by atoms with van der Waals surface area (Å²) in [5, 5.41) is 0. The van der Waals surface area contributed by atoms with Gasteiger partial charge >= 0.3 is 0 Å². The quantitative estimate of drug-likeness (QED) is 0.777. The highest BCUT2D eigenvalue weighted by atomic mass is 19.1. The van der Waals surface area contributed by atoms with Crippen molar-refractivity contribution in [1.82, 2.24) is 0 Å². The fourth-order valence-corrected chi connectivity index (χ4v) is 2.57. The number of nitrogens with two attached hydrogens (primary N) is 1. The minimum absolute atomic E-state index is 0.198. The lowest BCUT2D eigenvalue weighted by molar-refractivity contribution is 0.420. The lowest BCUT2D eigenvalue weighted by Crippen LogP contribution is -2.10. The van der Waals surface area contributed by atoms with Gasteiger partial charge in [-0.25, -0.2) is 4.39 Å². The van der Waals surface area contributed by atoms with Gasteiger partial charge in [-0.2, -0.15) is 0 Å². The zero-order chi connectivity index (χ0) is 12.5. The van der Waals surface area contributed by atoms with Gasteiger partial charge in [-0.15, -0.1) is 0 Å². The molecule has 0 spiro atoms. The minimum Gasteiger partial charge on any atom is -0.399 e. The van der Waals surface area contributed by atoms with Crippen LogP contribution in [0.3, 0.4) is 0 Å². The number of benzene rings is 2. The molecule has 1 fully saturated rings. The molecule has 0 aromatic heterocycles. The van der Waals surface area contributed by atoms with Gasteiger partial charge in [0.2, 0.25) is 0 Å². The normalized spacial score (nSPS) is 15.4.